The van der Waals surface area contributed by atoms with Gasteiger partial charge in [-0.05, 0) is 25.2 Å². The normalized spacial score (nSPS) is 35.9. The van der Waals surface area contributed by atoms with Crippen LogP contribution in [0, 0.1) is 17.3 Å². The number of rotatable bonds is 2. The van der Waals surface area contributed by atoms with E-state index in [0.29, 0.717) is 18.8 Å². The zero-order valence-corrected chi connectivity index (χ0v) is 9.56. The molecule has 1 saturated carbocycles. The highest BCUT2D eigenvalue weighted by Crippen LogP contribution is 2.50. The van der Waals surface area contributed by atoms with Crippen molar-refractivity contribution in [3.8, 4) is 0 Å². The maximum absolute atomic E-state index is 11.9. The third-order valence-electron chi connectivity index (χ3n) is 3.81. The van der Waals surface area contributed by atoms with Crippen molar-refractivity contribution in [3.63, 3.8) is 0 Å². The summed E-state index contributed by atoms with van der Waals surface area (Å²) in [4.78, 5) is 23.6. The van der Waals surface area contributed by atoms with Crippen molar-refractivity contribution in [1.29, 1.82) is 0 Å². The molecule has 0 heterocycles. The van der Waals surface area contributed by atoms with Crippen molar-refractivity contribution in [3.05, 3.63) is 12.2 Å². The van der Waals surface area contributed by atoms with Crippen LogP contribution in [0.1, 0.15) is 19.3 Å². The van der Waals surface area contributed by atoms with E-state index in [-0.39, 0.29) is 17.9 Å². The number of fused-ring (bicyclic) bond motifs is 2. The van der Waals surface area contributed by atoms with E-state index in [1.807, 2.05) is 12.2 Å². The summed E-state index contributed by atoms with van der Waals surface area (Å²) in [6.07, 6.45) is 6.19. The average Bonchev–Trinajstić information content (AvgIpc) is 2.37. The Morgan fingerprint density at radius 2 is 2.06 bits per heavy atom. The minimum Gasteiger partial charge on any atom is -0.469 e. The SMILES string of the molecule is COC(=O)C1CC2C=CC1(C(=O)OC)CC2. The monoisotopic (exact) mass is 224 g/mol. The summed E-state index contributed by atoms with van der Waals surface area (Å²) < 4.78 is 9.62. The number of carbonyl (C=O) groups excluding carboxylic acids is 2. The Morgan fingerprint density at radius 1 is 1.31 bits per heavy atom. The summed E-state index contributed by atoms with van der Waals surface area (Å²) in [5.74, 6) is -0.610. The smallest absolute Gasteiger partial charge is 0.316 e. The largest absolute Gasteiger partial charge is 0.469 e. The Kier molecular flexibility index (Phi) is 2.74. The second-order valence-corrected chi connectivity index (χ2v) is 4.50. The number of hydrogen-bond donors (Lipinski definition) is 0. The molecule has 16 heavy (non-hydrogen) atoms. The van der Waals surface area contributed by atoms with E-state index in [4.69, 9.17) is 9.47 Å². The first-order valence-corrected chi connectivity index (χ1v) is 5.49. The highest BCUT2D eigenvalue weighted by atomic mass is 16.5. The van der Waals surface area contributed by atoms with Gasteiger partial charge in [0.1, 0.15) is 0 Å². The predicted molar refractivity (Wildman–Crippen MR) is 56.4 cm³/mol. The minimum absolute atomic E-state index is 0.306. The predicted octanol–water partition coefficient (Wildman–Crippen LogP) is 1.30. The van der Waals surface area contributed by atoms with Gasteiger partial charge in [0, 0.05) is 0 Å². The van der Waals surface area contributed by atoms with Gasteiger partial charge in [-0.3, -0.25) is 9.59 Å². The number of carbonyl (C=O) groups is 2. The molecular formula is C12H16O4. The lowest BCUT2D eigenvalue weighted by Gasteiger charge is -2.44. The maximum atomic E-state index is 11.9. The summed E-state index contributed by atoms with van der Waals surface area (Å²) in [6, 6.07) is 0. The van der Waals surface area contributed by atoms with Gasteiger partial charge >= 0.3 is 11.9 Å². The Balaban J connectivity index is 2.36. The van der Waals surface area contributed by atoms with Crippen LogP contribution in [0.15, 0.2) is 12.2 Å². The Bertz CT molecular complexity index is 347. The van der Waals surface area contributed by atoms with E-state index in [1.165, 1.54) is 14.2 Å². The van der Waals surface area contributed by atoms with Crippen molar-refractivity contribution in [2.75, 3.05) is 14.2 Å². The fourth-order valence-electron chi connectivity index (χ4n) is 2.86. The van der Waals surface area contributed by atoms with Crippen molar-refractivity contribution < 1.29 is 19.1 Å². The molecule has 0 saturated heterocycles. The van der Waals surface area contributed by atoms with Crippen LogP contribution in [0.2, 0.25) is 0 Å². The van der Waals surface area contributed by atoms with Crippen LogP contribution in [0.25, 0.3) is 0 Å². The molecule has 1 fully saturated rings. The molecule has 0 aliphatic heterocycles. The highest BCUT2D eigenvalue weighted by molar-refractivity contribution is 5.88. The summed E-state index contributed by atoms with van der Waals surface area (Å²) in [6.45, 7) is 0. The van der Waals surface area contributed by atoms with Gasteiger partial charge in [-0.2, -0.15) is 0 Å². The van der Waals surface area contributed by atoms with Gasteiger partial charge in [-0.1, -0.05) is 12.2 Å². The topological polar surface area (TPSA) is 52.6 Å². The van der Waals surface area contributed by atoms with Crippen molar-refractivity contribution in [2.45, 2.75) is 19.3 Å². The molecule has 0 aromatic rings. The Morgan fingerprint density at radius 3 is 2.56 bits per heavy atom. The van der Waals surface area contributed by atoms with E-state index < -0.39 is 5.41 Å². The van der Waals surface area contributed by atoms with Gasteiger partial charge in [-0.25, -0.2) is 0 Å². The lowest BCUT2D eigenvalue weighted by Crippen LogP contribution is -2.48. The molecule has 3 aliphatic carbocycles. The highest BCUT2D eigenvalue weighted by Gasteiger charge is 2.54. The van der Waals surface area contributed by atoms with E-state index in [2.05, 4.69) is 0 Å². The van der Waals surface area contributed by atoms with Crippen LogP contribution in [-0.2, 0) is 19.1 Å². The van der Waals surface area contributed by atoms with E-state index in [1.54, 1.807) is 0 Å². The molecule has 3 aliphatic rings. The number of methoxy groups -OCH3 is 2. The van der Waals surface area contributed by atoms with Gasteiger partial charge in [-0.15, -0.1) is 0 Å². The van der Waals surface area contributed by atoms with Gasteiger partial charge < -0.3 is 9.47 Å². The number of ether oxygens (including phenoxy) is 2. The molecule has 4 heteroatoms. The second kappa shape index (κ2) is 3.92. The molecule has 0 aromatic carbocycles. The zero-order chi connectivity index (χ0) is 11.8. The molecule has 0 radical (unpaired) electrons. The number of allylic oxidation sites excluding steroid dienone is 1. The second-order valence-electron chi connectivity index (χ2n) is 4.50. The van der Waals surface area contributed by atoms with Crippen LogP contribution >= 0.6 is 0 Å². The Hall–Kier alpha value is -1.32. The van der Waals surface area contributed by atoms with Crippen molar-refractivity contribution >= 4 is 11.9 Å². The van der Waals surface area contributed by atoms with Crippen LogP contribution < -0.4 is 0 Å². The number of esters is 2. The maximum Gasteiger partial charge on any atom is 0.316 e. The van der Waals surface area contributed by atoms with Gasteiger partial charge in [0.2, 0.25) is 0 Å². The first-order valence-electron chi connectivity index (χ1n) is 5.49. The molecular weight excluding hydrogens is 208 g/mol. The standard InChI is InChI=1S/C12H16O4/c1-15-10(13)9-7-8-3-5-12(9,6-4-8)11(14)16-2/h3,5,8-9H,4,6-7H2,1-2H3. The first kappa shape index (κ1) is 11.2. The first-order chi connectivity index (χ1) is 7.64. The van der Waals surface area contributed by atoms with E-state index in [0.717, 1.165) is 6.42 Å². The van der Waals surface area contributed by atoms with Crippen molar-refractivity contribution in [2.24, 2.45) is 17.3 Å². The van der Waals surface area contributed by atoms with Gasteiger partial charge in [0.15, 0.2) is 0 Å². The van der Waals surface area contributed by atoms with E-state index in [9.17, 15) is 9.59 Å². The van der Waals surface area contributed by atoms with Crippen molar-refractivity contribution in [1.82, 2.24) is 0 Å². The Labute approximate surface area is 94.6 Å². The molecule has 2 bridgehead atoms. The summed E-state index contributed by atoms with van der Waals surface area (Å²) in [5, 5.41) is 0. The lowest BCUT2D eigenvalue weighted by molar-refractivity contribution is -0.167. The molecule has 3 unspecified atom stereocenters. The van der Waals surface area contributed by atoms with Gasteiger partial charge in [0.25, 0.3) is 0 Å². The molecule has 3 rings (SSSR count). The molecule has 0 amide bonds. The molecule has 4 nitrogen and oxygen atoms in total. The number of hydrogen-bond acceptors (Lipinski definition) is 4. The summed E-state index contributed by atoms with van der Waals surface area (Å²) in [5.41, 5.74) is -0.781. The van der Waals surface area contributed by atoms with E-state index >= 15 is 0 Å². The third kappa shape index (κ3) is 1.44. The quantitative estimate of drug-likeness (QED) is 0.524. The average molecular weight is 224 g/mol. The zero-order valence-electron chi connectivity index (χ0n) is 9.56. The summed E-state index contributed by atoms with van der Waals surface area (Å²) in [7, 11) is 2.72. The van der Waals surface area contributed by atoms with Gasteiger partial charge in [0.05, 0.1) is 25.6 Å². The third-order valence-corrected chi connectivity index (χ3v) is 3.81. The minimum atomic E-state index is -0.781. The van der Waals surface area contributed by atoms with Crippen LogP contribution in [0.4, 0.5) is 0 Å². The fraction of sp³-hybridized carbons (Fsp3) is 0.667. The molecule has 0 aromatic heterocycles. The molecule has 0 spiro atoms. The van der Waals surface area contributed by atoms with Crippen LogP contribution in [0.3, 0.4) is 0 Å². The van der Waals surface area contributed by atoms with Crippen LogP contribution in [-0.4, -0.2) is 26.2 Å². The summed E-state index contributed by atoms with van der Waals surface area (Å²) >= 11 is 0. The molecule has 0 N–H and O–H groups in total. The molecule has 3 atom stereocenters. The van der Waals surface area contributed by atoms with Crippen LogP contribution in [0.5, 0.6) is 0 Å². The molecule has 88 valence electrons. The fourth-order valence-corrected chi connectivity index (χ4v) is 2.86. The lowest BCUT2D eigenvalue weighted by atomic mass is 9.59.